The van der Waals surface area contributed by atoms with Crippen LogP contribution in [0.5, 0.6) is 11.5 Å². The molecule has 0 spiro atoms. The topological polar surface area (TPSA) is 86.9 Å². The van der Waals surface area contributed by atoms with E-state index in [1.807, 2.05) is 0 Å². The lowest BCUT2D eigenvalue weighted by Gasteiger charge is -2.12. The largest absolute Gasteiger partial charge is 0.489 e. The number of ether oxygens (including phenoxy) is 4. The van der Waals surface area contributed by atoms with Gasteiger partial charge in [0.1, 0.15) is 12.3 Å². The minimum Gasteiger partial charge on any atom is -0.489 e. The first kappa shape index (κ1) is 19.1. The molecule has 3 rings (SSSR count). The number of hydrogen-bond acceptors (Lipinski definition) is 6. The molecule has 144 valence electrons. The maximum Gasteiger partial charge on any atom is 0.355 e. The number of carbonyl (C=O) groups excluding carboxylic acids is 2. The molecule has 0 fully saturated rings. The van der Waals surface area contributed by atoms with E-state index in [4.69, 9.17) is 30.5 Å². The molecule has 27 heavy (non-hydrogen) atoms. The van der Waals surface area contributed by atoms with Crippen molar-refractivity contribution in [2.75, 3.05) is 20.3 Å². The van der Waals surface area contributed by atoms with Crippen LogP contribution in [0.3, 0.4) is 0 Å². The minimum absolute atomic E-state index is 0.000256. The Labute approximate surface area is 161 Å². The number of esters is 2. The van der Waals surface area contributed by atoms with Gasteiger partial charge in [-0.2, -0.15) is 0 Å². The summed E-state index contributed by atoms with van der Waals surface area (Å²) < 4.78 is 21.3. The maximum atomic E-state index is 12.4. The Bertz CT molecular complexity index is 889. The Hall–Kier alpha value is -2.67. The van der Waals surface area contributed by atoms with E-state index in [1.165, 1.54) is 7.11 Å². The number of benzene rings is 1. The zero-order chi connectivity index (χ0) is 19.6. The summed E-state index contributed by atoms with van der Waals surface area (Å²) in [5.74, 6) is -0.0438. The van der Waals surface area contributed by atoms with Crippen molar-refractivity contribution >= 4 is 23.5 Å². The van der Waals surface area contributed by atoms with Crippen LogP contribution in [-0.4, -0.2) is 37.2 Å². The number of methoxy groups -OCH3 is 1. The van der Waals surface area contributed by atoms with Crippen LogP contribution < -0.4 is 9.47 Å². The molecule has 2 aromatic rings. The number of aromatic amines is 1. The van der Waals surface area contributed by atoms with Crippen molar-refractivity contribution < 1.29 is 28.5 Å². The van der Waals surface area contributed by atoms with Crippen molar-refractivity contribution in [2.45, 2.75) is 26.9 Å². The van der Waals surface area contributed by atoms with E-state index in [0.717, 1.165) is 6.42 Å². The van der Waals surface area contributed by atoms with Crippen LogP contribution in [0.4, 0.5) is 0 Å². The van der Waals surface area contributed by atoms with Gasteiger partial charge in [-0.1, -0.05) is 11.6 Å². The molecule has 0 saturated carbocycles. The fraction of sp³-hybridized carbons (Fsp3) is 0.368. The number of fused-ring (bicyclic) bond motifs is 1. The summed E-state index contributed by atoms with van der Waals surface area (Å²) in [5, 5.41) is 0.403. The first-order valence-electron chi connectivity index (χ1n) is 8.45. The van der Waals surface area contributed by atoms with E-state index >= 15 is 0 Å². The van der Waals surface area contributed by atoms with E-state index in [2.05, 4.69) is 4.98 Å². The van der Waals surface area contributed by atoms with Gasteiger partial charge in [-0.3, -0.25) is 0 Å². The molecular formula is C19H20ClNO6. The lowest BCUT2D eigenvalue weighted by Crippen LogP contribution is -2.08. The van der Waals surface area contributed by atoms with E-state index < -0.39 is 11.9 Å². The summed E-state index contributed by atoms with van der Waals surface area (Å²) in [4.78, 5) is 27.2. The number of rotatable bonds is 4. The van der Waals surface area contributed by atoms with Gasteiger partial charge in [0.2, 0.25) is 0 Å². The molecular weight excluding hydrogens is 374 g/mol. The fourth-order valence-electron chi connectivity index (χ4n) is 2.95. The standard InChI is InChI=1S/C19H20ClNO6/c1-10-15(18(22)24-3)11(2)21-16(10)19(23)27-9-12-7-13(20)17-14(8-12)25-5-4-6-26-17/h7-8,21H,4-6,9H2,1-3H3. The van der Waals surface area contributed by atoms with Crippen LogP contribution in [0.25, 0.3) is 0 Å². The van der Waals surface area contributed by atoms with Gasteiger partial charge in [-0.05, 0) is 37.1 Å². The second kappa shape index (κ2) is 7.92. The number of hydrogen-bond donors (Lipinski definition) is 1. The van der Waals surface area contributed by atoms with Crippen LogP contribution in [0.15, 0.2) is 12.1 Å². The molecule has 1 aliphatic rings. The average molecular weight is 394 g/mol. The predicted octanol–water partition coefficient (Wildman–Crippen LogP) is 3.59. The molecule has 1 aromatic carbocycles. The monoisotopic (exact) mass is 393 g/mol. The van der Waals surface area contributed by atoms with Gasteiger partial charge in [-0.25, -0.2) is 9.59 Å². The third-order valence-corrected chi connectivity index (χ3v) is 4.54. The molecule has 0 radical (unpaired) electrons. The Morgan fingerprint density at radius 3 is 2.67 bits per heavy atom. The molecule has 0 unspecified atom stereocenters. The number of aryl methyl sites for hydroxylation is 1. The third kappa shape index (κ3) is 3.88. The zero-order valence-electron chi connectivity index (χ0n) is 15.3. The van der Waals surface area contributed by atoms with Crippen LogP contribution in [0, 0.1) is 13.8 Å². The molecule has 2 heterocycles. The Morgan fingerprint density at radius 1 is 1.19 bits per heavy atom. The highest BCUT2D eigenvalue weighted by Gasteiger charge is 2.24. The second-order valence-corrected chi connectivity index (χ2v) is 6.56. The summed E-state index contributed by atoms with van der Waals surface area (Å²) in [6.07, 6.45) is 0.767. The third-order valence-electron chi connectivity index (χ3n) is 4.26. The molecule has 7 nitrogen and oxygen atoms in total. The van der Waals surface area contributed by atoms with Gasteiger partial charge in [0.05, 0.1) is 30.9 Å². The number of aromatic nitrogens is 1. The second-order valence-electron chi connectivity index (χ2n) is 6.15. The normalized spacial score (nSPS) is 13.0. The molecule has 0 atom stereocenters. The van der Waals surface area contributed by atoms with E-state index in [1.54, 1.807) is 26.0 Å². The SMILES string of the molecule is COC(=O)c1c(C)[nH]c(C(=O)OCc2cc(Cl)c3c(c2)OCCCO3)c1C. The minimum atomic E-state index is -0.575. The van der Waals surface area contributed by atoms with Gasteiger partial charge >= 0.3 is 11.9 Å². The van der Waals surface area contributed by atoms with Crippen LogP contribution in [0.1, 0.15) is 44.1 Å². The van der Waals surface area contributed by atoms with Gasteiger partial charge in [-0.15, -0.1) is 0 Å². The first-order chi connectivity index (χ1) is 12.9. The first-order valence-corrected chi connectivity index (χ1v) is 8.82. The summed E-state index contributed by atoms with van der Waals surface area (Å²) >= 11 is 6.25. The van der Waals surface area contributed by atoms with Gasteiger partial charge in [0, 0.05) is 12.1 Å². The predicted molar refractivity (Wildman–Crippen MR) is 97.8 cm³/mol. The number of halogens is 1. The smallest absolute Gasteiger partial charge is 0.355 e. The van der Waals surface area contributed by atoms with E-state index in [-0.39, 0.29) is 12.3 Å². The van der Waals surface area contributed by atoms with Gasteiger partial charge in [0.25, 0.3) is 0 Å². The van der Waals surface area contributed by atoms with Crippen molar-refractivity contribution in [3.63, 3.8) is 0 Å². The quantitative estimate of drug-likeness (QED) is 0.799. The lowest BCUT2D eigenvalue weighted by molar-refractivity contribution is 0.0465. The van der Waals surface area contributed by atoms with Gasteiger partial charge in [0.15, 0.2) is 11.5 Å². The summed E-state index contributed by atoms with van der Waals surface area (Å²) in [5.41, 5.74) is 2.26. The van der Waals surface area contributed by atoms with Crippen molar-refractivity contribution in [3.8, 4) is 11.5 Å². The van der Waals surface area contributed by atoms with Crippen LogP contribution in [-0.2, 0) is 16.1 Å². The molecule has 0 bridgehead atoms. The maximum absolute atomic E-state index is 12.4. The molecule has 1 aliphatic heterocycles. The highest BCUT2D eigenvalue weighted by Crippen LogP contribution is 2.38. The van der Waals surface area contributed by atoms with Crippen molar-refractivity contribution in [1.82, 2.24) is 4.98 Å². The highest BCUT2D eigenvalue weighted by atomic mass is 35.5. The Kier molecular flexibility index (Phi) is 5.60. The Balaban J connectivity index is 1.76. The van der Waals surface area contributed by atoms with Crippen molar-refractivity contribution in [1.29, 1.82) is 0 Å². The van der Waals surface area contributed by atoms with Crippen LogP contribution in [0.2, 0.25) is 5.02 Å². The van der Waals surface area contributed by atoms with E-state index in [9.17, 15) is 9.59 Å². The van der Waals surface area contributed by atoms with Crippen molar-refractivity contribution in [2.24, 2.45) is 0 Å². The molecule has 1 N–H and O–H groups in total. The highest BCUT2D eigenvalue weighted by molar-refractivity contribution is 6.32. The summed E-state index contributed by atoms with van der Waals surface area (Å²) in [7, 11) is 1.29. The Morgan fingerprint density at radius 2 is 1.93 bits per heavy atom. The number of H-pyrrole nitrogens is 1. The average Bonchev–Trinajstić information content (AvgIpc) is 2.81. The lowest BCUT2D eigenvalue weighted by atomic mass is 10.1. The number of nitrogens with one attached hydrogen (secondary N) is 1. The molecule has 0 amide bonds. The van der Waals surface area contributed by atoms with E-state index in [0.29, 0.717) is 52.1 Å². The zero-order valence-corrected chi connectivity index (χ0v) is 16.1. The van der Waals surface area contributed by atoms with Gasteiger partial charge < -0.3 is 23.9 Å². The van der Waals surface area contributed by atoms with Crippen molar-refractivity contribution in [3.05, 3.63) is 45.2 Å². The molecule has 0 aliphatic carbocycles. The summed E-state index contributed by atoms with van der Waals surface area (Å²) in [6.45, 7) is 4.43. The molecule has 0 saturated heterocycles. The fourth-order valence-corrected chi connectivity index (χ4v) is 3.24. The van der Waals surface area contributed by atoms with Crippen LogP contribution >= 0.6 is 11.6 Å². The molecule has 1 aromatic heterocycles. The summed E-state index contributed by atoms with van der Waals surface area (Å²) in [6, 6.07) is 3.42. The number of carbonyl (C=O) groups is 2. The molecule has 8 heteroatoms.